The molecule has 1 amide bonds. The van der Waals surface area contributed by atoms with Crippen LogP contribution in [-0.2, 0) is 0 Å². The van der Waals surface area contributed by atoms with E-state index in [9.17, 15) is 4.79 Å². The van der Waals surface area contributed by atoms with E-state index in [1.807, 2.05) is 30.3 Å². The second-order valence-electron chi connectivity index (χ2n) is 4.55. The van der Waals surface area contributed by atoms with Gasteiger partial charge in [-0.25, -0.2) is 4.98 Å². The number of nitrogens with one attached hydrogen (secondary N) is 1. The lowest BCUT2D eigenvalue weighted by atomic mass is 10.2. The Bertz CT molecular complexity index is 564. The zero-order chi connectivity index (χ0) is 14.4. The molecule has 0 atom stereocenters. The van der Waals surface area contributed by atoms with E-state index >= 15 is 0 Å². The SMILES string of the molecule is Cc1nc(-c2ccccc2)oc1C(=O)NCCCCN. The fourth-order valence-corrected chi connectivity index (χ4v) is 1.86. The van der Waals surface area contributed by atoms with Crippen molar-refractivity contribution in [2.75, 3.05) is 13.1 Å². The summed E-state index contributed by atoms with van der Waals surface area (Å²) < 4.78 is 5.57. The van der Waals surface area contributed by atoms with Gasteiger partial charge in [0.15, 0.2) is 0 Å². The van der Waals surface area contributed by atoms with Crippen LogP contribution in [0.1, 0.15) is 29.1 Å². The van der Waals surface area contributed by atoms with Gasteiger partial charge in [-0.1, -0.05) is 18.2 Å². The van der Waals surface area contributed by atoms with E-state index in [1.165, 1.54) is 0 Å². The van der Waals surface area contributed by atoms with E-state index < -0.39 is 0 Å². The lowest BCUT2D eigenvalue weighted by molar-refractivity contribution is 0.0925. The molecule has 0 bridgehead atoms. The van der Waals surface area contributed by atoms with E-state index in [-0.39, 0.29) is 11.7 Å². The summed E-state index contributed by atoms with van der Waals surface area (Å²) in [4.78, 5) is 16.3. The number of aryl methyl sites for hydroxylation is 1. The molecule has 1 aromatic heterocycles. The van der Waals surface area contributed by atoms with Gasteiger partial charge in [-0.3, -0.25) is 4.79 Å². The molecule has 0 spiro atoms. The summed E-state index contributed by atoms with van der Waals surface area (Å²) in [7, 11) is 0. The number of rotatable bonds is 6. The zero-order valence-corrected chi connectivity index (χ0v) is 11.6. The minimum atomic E-state index is -0.228. The van der Waals surface area contributed by atoms with Crippen molar-refractivity contribution in [3.63, 3.8) is 0 Å². The Morgan fingerprint density at radius 2 is 2.05 bits per heavy atom. The van der Waals surface area contributed by atoms with E-state index in [0.29, 0.717) is 24.7 Å². The van der Waals surface area contributed by atoms with Gasteiger partial charge in [0.25, 0.3) is 5.91 Å². The van der Waals surface area contributed by atoms with Gasteiger partial charge in [-0.2, -0.15) is 0 Å². The van der Waals surface area contributed by atoms with Gasteiger partial charge < -0.3 is 15.5 Å². The average molecular weight is 273 g/mol. The molecule has 0 saturated heterocycles. The van der Waals surface area contributed by atoms with Crippen molar-refractivity contribution in [1.82, 2.24) is 10.3 Å². The van der Waals surface area contributed by atoms with Crippen LogP contribution in [0.3, 0.4) is 0 Å². The van der Waals surface area contributed by atoms with Crippen LogP contribution >= 0.6 is 0 Å². The zero-order valence-electron chi connectivity index (χ0n) is 11.6. The van der Waals surface area contributed by atoms with Crippen molar-refractivity contribution in [3.8, 4) is 11.5 Å². The summed E-state index contributed by atoms with van der Waals surface area (Å²) in [5.41, 5.74) is 6.86. The minimum absolute atomic E-state index is 0.228. The summed E-state index contributed by atoms with van der Waals surface area (Å²) in [5, 5.41) is 2.81. The maximum Gasteiger partial charge on any atom is 0.289 e. The highest BCUT2D eigenvalue weighted by Crippen LogP contribution is 2.21. The largest absolute Gasteiger partial charge is 0.431 e. The number of hydrogen-bond donors (Lipinski definition) is 2. The second kappa shape index (κ2) is 6.86. The number of aromatic nitrogens is 1. The van der Waals surface area contributed by atoms with E-state index in [2.05, 4.69) is 10.3 Å². The smallest absolute Gasteiger partial charge is 0.289 e. The molecule has 5 heteroatoms. The van der Waals surface area contributed by atoms with Crippen LogP contribution in [0.2, 0.25) is 0 Å². The van der Waals surface area contributed by atoms with Crippen molar-refractivity contribution >= 4 is 5.91 Å². The molecule has 20 heavy (non-hydrogen) atoms. The highest BCUT2D eigenvalue weighted by atomic mass is 16.4. The molecular formula is C15H19N3O2. The molecule has 5 nitrogen and oxygen atoms in total. The molecule has 3 N–H and O–H groups in total. The lowest BCUT2D eigenvalue weighted by Crippen LogP contribution is -2.25. The first-order chi connectivity index (χ1) is 9.72. The maximum atomic E-state index is 12.0. The number of nitrogens with two attached hydrogens (primary N) is 1. The normalized spacial score (nSPS) is 10.5. The van der Waals surface area contributed by atoms with Gasteiger partial charge in [-0.15, -0.1) is 0 Å². The number of hydrogen-bond acceptors (Lipinski definition) is 4. The van der Waals surface area contributed by atoms with E-state index in [1.54, 1.807) is 6.92 Å². The summed E-state index contributed by atoms with van der Waals surface area (Å²) in [6.45, 7) is 3.00. The quantitative estimate of drug-likeness (QED) is 0.790. The Labute approximate surface area is 118 Å². The monoisotopic (exact) mass is 273 g/mol. The number of amides is 1. The highest BCUT2D eigenvalue weighted by Gasteiger charge is 2.17. The number of carbonyl (C=O) groups excluding carboxylic acids is 1. The van der Waals surface area contributed by atoms with Crippen LogP contribution < -0.4 is 11.1 Å². The molecule has 0 aliphatic heterocycles. The summed E-state index contributed by atoms with van der Waals surface area (Å²) in [5.74, 6) is 0.515. The van der Waals surface area contributed by atoms with Crippen molar-refractivity contribution in [1.29, 1.82) is 0 Å². The number of unbranched alkanes of at least 4 members (excludes halogenated alkanes) is 1. The van der Waals surface area contributed by atoms with Crippen LogP contribution in [0.25, 0.3) is 11.5 Å². The molecule has 2 aromatic rings. The predicted molar refractivity (Wildman–Crippen MR) is 77.3 cm³/mol. The third-order valence-electron chi connectivity index (χ3n) is 2.94. The van der Waals surface area contributed by atoms with Gasteiger partial charge in [0.2, 0.25) is 11.7 Å². The molecule has 0 fully saturated rings. The Balaban J connectivity index is 2.06. The van der Waals surface area contributed by atoms with E-state index in [0.717, 1.165) is 18.4 Å². The third-order valence-corrected chi connectivity index (χ3v) is 2.94. The second-order valence-corrected chi connectivity index (χ2v) is 4.55. The molecule has 1 aromatic carbocycles. The van der Waals surface area contributed by atoms with Crippen molar-refractivity contribution in [2.45, 2.75) is 19.8 Å². The third kappa shape index (κ3) is 3.45. The maximum absolute atomic E-state index is 12.0. The number of benzene rings is 1. The van der Waals surface area contributed by atoms with Gasteiger partial charge in [0.05, 0.1) is 5.69 Å². The Morgan fingerprint density at radius 3 is 2.75 bits per heavy atom. The summed E-state index contributed by atoms with van der Waals surface area (Å²) in [6.07, 6.45) is 1.76. The Hall–Kier alpha value is -2.14. The minimum Gasteiger partial charge on any atom is -0.431 e. The standard InChI is InChI=1S/C15H19N3O2/c1-11-13(14(19)17-10-6-5-9-16)20-15(18-11)12-7-3-2-4-8-12/h2-4,7-8H,5-6,9-10,16H2,1H3,(H,17,19). The highest BCUT2D eigenvalue weighted by molar-refractivity contribution is 5.92. The van der Waals surface area contributed by atoms with Crippen molar-refractivity contribution < 1.29 is 9.21 Å². The summed E-state index contributed by atoms with van der Waals surface area (Å²) in [6, 6.07) is 9.52. The molecule has 0 unspecified atom stereocenters. The van der Waals surface area contributed by atoms with Gasteiger partial charge in [0.1, 0.15) is 0 Å². The van der Waals surface area contributed by atoms with Gasteiger partial charge in [-0.05, 0) is 38.4 Å². The molecular weight excluding hydrogens is 254 g/mol. The van der Waals surface area contributed by atoms with Crippen LogP contribution in [0.15, 0.2) is 34.7 Å². The first-order valence-corrected chi connectivity index (χ1v) is 6.73. The van der Waals surface area contributed by atoms with Crippen LogP contribution in [0.5, 0.6) is 0 Å². The fourth-order valence-electron chi connectivity index (χ4n) is 1.86. The molecule has 0 radical (unpaired) electrons. The number of carbonyl (C=O) groups is 1. The van der Waals surface area contributed by atoms with Crippen LogP contribution in [0.4, 0.5) is 0 Å². The molecule has 106 valence electrons. The first-order valence-electron chi connectivity index (χ1n) is 6.73. The Kier molecular flexibility index (Phi) is 4.90. The van der Waals surface area contributed by atoms with Gasteiger partial charge >= 0.3 is 0 Å². The number of oxazole rings is 1. The van der Waals surface area contributed by atoms with E-state index in [4.69, 9.17) is 10.2 Å². The van der Waals surface area contributed by atoms with Crippen molar-refractivity contribution in [3.05, 3.63) is 41.8 Å². The lowest BCUT2D eigenvalue weighted by Gasteiger charge is -2.02. The average Bonchev–Trinajstić information content (AvgIpc) is 2.86. The van der Waals surface area contributed by atoms with Crippen LogP contribution in [-0.4, -0.2) is 24.0 Å². The Morgan fingerprint density at radius 1 is 1.30 bits per heavy atom. The predicted octanol–water partition coefficient (Wildman–Crippen LogP) is 2.12. The van der Waals surface area contributed by atoms with Crippen LogP contribution in [0, 0.1) is 6.92 Å². The van der Waals surface area contributed by atoms with Crippen molar-refractivity contribution in [2.24, 2.45) is 5.73 Å². The first kappa shape index (κ1) is 14.3. The molecule has 2 rings (SSSR count). The molecule has 0 aliphatic carbocycles. The van der Waals surface area contributed by atoms with Gasteiger partial charge in [0, 0.05) is 12.1 Å². The number of nitrogens with zero attached hydrogens (tertiary/aromatic N) is 1. The summed E-state index contributed by atoms with van der Waals surface area (Å²) >= 11 is 0. The topological polar surface area (TPSA) is 81.2 Å². The molecule has 1 heterocycles. The molecule has 0 saturated carbocycles. The fraction of sp³-hybridized carbons (Fsp3) is 0.333. The molecule has 0 aliphatic rings.